The number of rotatable bonds is 5. The van der Waals surface area contributed by atoms with Gasteiger partial charge in [-0.15, -0.1) is 0 Å². The lowest BCUT2D eigenvalue weighted by molar-refractivity contribution is 0.503. The number of fused-ring (bicyclic) bond motifs is 1. The van der Waals surface area contributed by atoms with E-state index in [1.54, 1.807) is 36.8 Å². The standard InChI is InChI=1S/C23H15F2N5O/c24-16-4-5-17(19(25)11-16)14-3-6-20-18(10-14)23(28-13-21-27-8-9-31-21)30-22(29-20)15-2-1-7-26-12-15/h1-12H,13H2,(H,28,29,30). The smallest absolute Gasteiger partial charge is 0.213 e. The molecule has 0 amide bonds. The molecule has 0 unspecified atom stereocenters. The van der Waals surface area contributed by atoms with Crippen LogP contribution in [0.5, 0.6) is 0 Å². The molecule has 2 aromatic carbocycles. The Morgan fingerprint density at radius 2 is 1.87 bits per heavy atom. The number of hydrogen-bond acceptors (Lipinski definition) is 6. The molecule has 0 bridgehead atoms. The monoisotopic (exact) mass is 415 g/mol. The Kier molecular flexibility index (Phi) is 4.80. The van der Waals surface area contributed by atoms with Crippen LogP contribution in [0.15, 0.2) is 77.8 Å². The van der Waals surface area contributed by atoms with Crippen molar-refractivity contribution in [2.24, 2.45) is 0 Å². The zero-order valence-electron chi connectivity index (χ0n) is 16.1. The molecule has 152 valence electrons. The van der Waals surface area contributed by atoms with Gasteiger partial charge < -0.3 is 9.73 Å². The van der Waals surface area contributed by atoms with Crippen LogP contribution in [-0.4, -0.2) is 19.9 Å². The predicted molar refractivity (Wildman–Crippen MR) is 112 cm³/mol. The Labute approximate surface area is 175 Å². The molecule has 5 rings (SSSR count). The summed E-state index contributed by atoms with van der Waals surface area (Å²) in [5, 5.41) is 3.90. The highest BCUT2D eigenvalue weighted by Gasteiger charge is 2.13. The Morgan fingerprint density at radius 3 is 2.65 bits per heavy atom. The second-order valence-electron chi connectivity index (χ2n) is 6.77. The van der Waals surface area contributed by atoms with Crippen molar-refractivity contribution in [2.45, 2.75) is 6.54 Å². The molecular weight excluding hydrogens is 400 g/mol. The molecular formula is C23H15F2N5O. The minimum absolute atomic E-state index is 0.290. The largest absolute Gasteiger partial charge is 0.447 e. The molecule has 0 aliphatic carbocycles. The second kappa shape index (κ2) is 7.91. The average molecular weight is 415 g/mol. The topological polar surface area (TPSA) is 76.7 Å². The molecule has 8 heteroatoms. The van der Waals surface area contributed by atoms with Gasteiger partial charge in [0.2, 0.25) is 5.89 Å². The van der Waals surface area contributed by atoms with Gasteiger partial charge in [0, 0.05) is 35.0 Å². The zero-order chi connectivity index (χ0) is 21.2. The molecule has 0 aliphatic heterocycles. The van der Waals surface area contributed by atoms with Crippen LogP contribution in [0.1, 0.15) is 5.89 Å². The highest BCUT2D eigenvalue weighted by molar-refractivity contribution is 5.94. The molecule has 1 N–H and O–H groups in total. The number of hydrogen-bond donors (Lipinski definition) is 1. The molecule has 0 fully saturated rings. The van der Waals surface area contributed by atoms with Crippen LogP contribution >= 0.6 is 0 Å². The molecule has 0 saturated carbocycles. The average Bonchev–Trinajstić information content (AvgIpc) is 3.31. The van der Waals surface area contributed by atoms with Crippen molar-refractivity contribution in [1.82, 2.24) is 19.9 Å². The fourth-order valence-electron chi connectivity index (χ4n) is 3.28. The number of anilines is 1. The number of oxazole rings is 1. The lowest BCUT2D eigenvalue weighted by atomic mass is 10.0. The van der Waals surface area contributed by atoms with E-state index in [-0.39, 0.29) is 0 Å². The van der Waals surface area contributed by atoms with Crippen molar-refractivity contribution >= 4 is 16.7 Å². The van der Waals surface area contributed by atoms with Gasteiger partial charge in [-0.1, -0.05) is 6.07 Å². The number of benzene rings is 2. The summed E-state index contributed by atoms with van der Waals surface area (Å²) < 4.78 is 33.0. The Hall–Kier alpha value is -4.20. The third-order valence-electron chi connectivity index (χ3n) is 4.75. The summed E-state index contributed by atoms with van der Waals surface area (Å²) in [7, 11) is 0. The third-order valence-corrected chi connectivity index (χ3v) is 4.75. The van der Waals surface area contributed by atoms with Crippen LogP contribution in [0.4, 0.5) is 14.6 Å². The summed E-state index contributed by atoms with van der Waals surface area (Å²) in [6.45, 7) is 0.306. The second-order valence-corrected chi connectivity index (χ2v) is 6.77. The summed E-state index contributed by atoms with van der Waals surface area (Å²) in [6.07, 6.45) is 6.41. The number of halogens is 2. The first-order valence-corrected chi connectivity index (χ1v) is 9.47. The molecule has 31 heavy (non-hydrogen) atoms. The van der Waals surface area contributed by atoms with Gasteiger partial charge in [0.25, 0.3) is 0 Å². The van der Waals surface area contributed by atoms with Gasteiger partial charge in [-0.05, 0) is 42.0 Å². The minimum atomic E-state index is -0.637. The van der Waals surface area contributed by atoms with E-state index < -0.39 is 11.6 Å². The normalized spacial score (nSPS) is 11.0. The van der Waals surface area contributed by atoms with E-state index in [1.165, 1.54) is 18.4 Å². The van der Waals surface area contributed by atoms with Crippen molar-refractivity contribution in [3.63, 3.8) is 0 Å². The predicted octanol–water partition coefficient (Wildman–Crippen LogP) is 5.24. The molecule has 3 aromatic heterocycles. The van der Waals surface area contributed by atoms with Crippen LogP contribution in [0.3, 0.4) is 0 Å². The van der Waals surface area contributed by atoms with E-state index in [2.05, 4.69) is 25.3 Å². The highest BCUT2D eigenvalue weighted by Crippen LogP contribution is 2.31. The molecule has 0 radical (unpaired) electrons. The van der Waals surface area contributed by atoms with Crippen LogP contribution in [0, 0.1) is 11.6 Å². The van der Waals surface area contributed by atoms with E-state index in [0.717, 1.165) is 11.6 Å². The van der Waals surface area contributed by atoms with Gasteiger partial charge in [0.05, 0.1) is 18.3 Å². The fraction of sp³-hybridized carbons (Fsp3) is 0.0435. The van der Waals surface area contributed by atoms with Gasteiger partial charge in [-0.25, -0.2) is 23.7 Å². The number of pyridine rings is 1. The summed E-state index contributed by atoms with van der Waals surface area (Å²) in [5.74, 6) is 0.263. The molecule has 0 atom stereocenters. The Bertz CT molecular complexity index is 1360. The summed E-state index contributed by atoms with van der Waals surface area (Å²) >= 11 is 0. The first-order valence-electron chi connectivity index (χ1n) is 9.47. The van der Waals surface area contributed by atoms with Gasteiger partial charge >= 0.3 is 0 Å². The van der Waals surface area contributed by atoms with Gasteiger partial charge in [0.15, 0.2) is 5.82 Å². The molecule has 6 nitrogen and oxygen atoms in total. The van der Waals surface area contributed by atoms with E-state index >= 15 is 0 Å². The number of nitrogens with zero attached hydrogens (tertiary/aromatic N) is 4. The van der Waals surface area contributed by atoms with Gasteiger partial charge in [-0.3, -0.25) is 4.98 Å². The SMILES string of the molecule is Fc1ccc(-c2ccc3nc(-c4cccnc4)nc(NCc4ncco4)c3c2)c(F)c1. The highest BCUT2D eigenvalue weighted by atomic mass is 19.1. The minimum Gasteiger partial charge on any atom is -0.447 e. The van der Waals surface area contributed by atoms with Crippen LogP contribution in [0.25, 0.3) is 33.4 Å². The molecule has 0 spiro atoms. The molecule has 3 heterocycles. The van der Waals surface area contributed by atoms with Crippen molar-refractivity contribution in [3.05, 3.63) is 90.9 Å². The quantitative estimate of drug-likeness (QED) is 0.423. The number of aromatic nitrogens is 4. The fourth-order valence-corrected chi connectivity index (χ4v) is 3.28. The van der Waals surface area contributed by atoms with E-state index in [1.807, 2.05) is 12.1 Å². The van der Waals surface area contributed by atoms with Crippen molar-refractivity contribution in [3.8, 4) is 22.5 Å². The molecule has 0 saturated heterocycles. The first-order chi connectivity index (χ1) is 15.2. The maximum Gasteiger partial charge on any atom is 0.213 e. The van der Waals surface area contributed by atoms with Gasteiger partial charge in [0.1, 0.15) is 23.7 Å². The van der Waals surface area contributed by atoms with Gasteiger partial charge in [-0.2, -0.15) is 0 Å². The maximum absolute atomic E-state index is 14.3. The van der Waals surface area contributed by atoms with Crippen molar-refractivity contribution < 1.29 is 13.2 Å². The lowest BCUT2D eigenvalue weighted by Crippen LogP contribution is -2.05. The summed E-state index contributed by atoms with van der Waals surface area (Å²) in [6, 6.07) is 12.5. The summed E-state index contributed by atoms with van der Waals surface area (Å²) in [5.41, 5.74) is 2.30. The third kappa shape index (κ3) is 3.83. The lowest BCUT2D eigenvalue weighted by Gasteiger charge is -2.12. The molecule has 5 aromatic rings. The summed E-state index contributed by atoms with van der Waals surface area (Å²) in [4.78, 5) is 17.5. The van der Waals surface area contributed by atoms with Crippen LogP contribution in [0.2, 0.25) is 0 Å². The van der Waals surface area contributed by atoms with Crippen molar-refractivity contribution in [2.75, 3.05) is 5.32 Å². The molecule has 0 aliphatic rings. The Balaban J connectivity index is 1.64. The van der Waals surface area contributed by atoms with E-state index in [0.29, 0.717) is 46.1 Å². The van der Waals surface area contributed by atoms with Crippen LogP contribution < -0.4 is 5.32 Å². The van der Waals surface area contributed by atoms with E-state index in [4.69, 9.17) is 4.42 Å². The van der Waals surface area contributed by atoms with Crippen LogP contribution in [-0.2, 0) is 6.54 Å². The zero-order valence-corrected chi connectivity index (χ0v) is 16.1. The number of nitrogens with one attached hydrogen (secondary N) is 1. The Morgan fingerprint density at radius 1 is 0.935 bits per heavy atom. The first kappa shape index (κ1) is 18.8. The van der Waals surface area contributed by atoms with Crippen molar-refractivity contribution in [1.29, 1.82) is 0 Å². The van der Waals surface area contributed by atoms with E-state index in [9.17, 15) is 8.78 Å². The maximum atomic E-state index is 14.3.